The zero-order valence-corrected chi connectivity index (χ0v) is 23.0. The highest BCUT2D eigenvalue weighted by molar-refractivity contribution is 5.77. The lowest BCUT2D eigenvalue weighted by Gasteiger charge is -2.26. The largest absolute Gasteiger partial charge is 0.496 e. The summed E-state index contributed by atoms with van der Waals surface area (Å²) >= 11 is 0. The third-order valence-electron chi connectivity index (χ3n) is 8.15. The number of hydrogen-bond donors (Lipinski definition) is 2. The van der Waals surface area contributed by atoms with Crippen molar-refractivity contribution in [3.63, 3.8) is 0 Å². The summed E-state index contributed by atoms with van der Waals surface area (Å²) in [6.45, 7) is 5.25. The molecule has 2 unspecified atom stereocenters. The summed E-state index contributed by atoms with van der Waals surface area (Å²) in [4.78, 5) is 19.0. The van der Waals surface area contributed by atoms with Crippen molar-refractivity contribution in [2.75, 3.05) is 45.3 Å². The summed E-state index contributed by atoms with van der Waals surface area (Å²) in [7, 11) is 1.71. The molecular weight excluding hydrogens is 501 g/mol. The number of methoxy groups -OCH3 is 1. The van der Waals surface area contributed by atoms with Crippen LogP contribution in [0, 0.1) is 11.2 Å². The summed E-state index contributed by atoms with van der Waals surface area (Å²) in [6.07, 6.45) is 7.60. The van der Waals surface area contributed by atoms with Crippen molar-refractivity contribution < 1.29 is 28.5 Å². The molecule has 2 N–H and O–H groups in total. The Balaban J connectivity index is 1.12. The minimum atomic E-state index is -1.01. The van der Waals surface area contributed by atoms with Gasteiger partial charge in [-0.05, 0) is 69.6 Å². The molecule has 0 radical (unpaired) electrons. The monoisotopic (exact) mass is 541 g/mol. The van der Waals surface area contributed by atoms with Crippen LogP contribution < -0.4 is 14.8 Å². The molecule has 2 aromatic rings. The van der Waals surface area contributed by atoms with Crippen LogP contribution in [-0.2, 0) is 22.4 Å². The minimum Gasteiger partial charge on any atom is -0.496 e. The van der Waals surface area contributed by atoms with Gasteiger partial charge in [-0.2, -0.15) is 0 Å². The van der Waals surface area contributed by atoms with E-state index in [0.717, 1.165) is 80.7 Å². The summed E-state index contributed by atoms with van der Waals surface area (Å²) in [5.74, 6) is 0.829. The number of ether oxygens (including phenoxy) is 3. The molecule has 5 rings (SSSR count). The summed E-state index contributed by atoms with van der Waals surface area (Å²) in [6, 6.07) is 5.25. The average Bonchev–Trinajstić information content (AvgIpc) is 3.49. The molecular formula is C30H40FN3O5. The van der Waals surface area contributed by atoms with Gasteiger partial charge in [-0.3, -0.25) is 9.69 Å². The maximum absolute atomic E-state index is 14.2. The van der Waals surface area contributed by atoms with E-state index in [1.54, 1.807) is 13.2 Å². The predicted molar refractivity (Wildman–Crippen MR) is 146 cm³/mol. The molecule has 3 heterocycles. The van der Waals surface area contributed by atoms with Crippen LogP contribution in [0.25, 0.3) is 0 Å². The number of anilines is 1. The summed E-state index contributed by atoms with van der Waals surface area (Å²) in [5, 5.41) is 13.5. The first-order valence-corrected chi connectivity index (χ1v) is 14.2. The number of aromatic nitrogens is 1. The highest BCUT2D eigenvalue weighted by Crippen LogP contribution is 2.45. The molecule has 0 bridgehead atoms. The lowest BCUT2D eigenvalue weighted by molar-refractivity contribution is -0.143. The first kappa shape index (κ1) is 27.6. The van der Waals surface area contributed by atoms with Crippen molar-refractivity contribution in [1.82, 2.24) is 9.88 Å². The lowest BCUT2D eigenvalue weighted by Crippen LogP contribution is -2.34. The fraction of sp³-hybridized carbons (Fsp3) is 0.600. The first-order chi connectivity index (χ1) is 18.8. The number of fused-ring (bicyclic) bond motifs is 1. The number of unbranched alkanes of at least 4 members (excludes halogenated alkanes) is 1. The number of halogens is 1. The number of aliphatic carboxylic acids is 1. The quantitative estimate of drug-likeness (QED) is 0.342. The molecule has 0 amide bonds. The number of benzene rings is 1. The number of nitrogens with one attached hydrogen (secondary N) is 1. The summed E-state index contributed by atoms with van der Waals surface area (Å²) < 4.78 is 31.9. The van der Waals surface area contributed by atoms with Crippen LogP contribution in [0.2, 0.25) is 0 Å². The molecule has 1 saturated heterocycles. The summed E-state index contributed by atoms with van der Waals surface area (Å²) in [5.41, 5.74) is 2.68. The van der Waals surface area contributed by atoms with Gasteiger partial charge < -0.3 is 24.6 Å². The van der Waals surface area contributed by atoms with Crippen molar-refractivity contribution in [1.29, 1.82) is 0 Å². The molecule has 1 aromatic heterocycles. The SMILES string of the molecule is COc1cc(CCCCOC2CCN(C(C(=O)O)c3cc(F)ccc3OCC3(C)CC3)C2)nc2c1CCCN2. The maximum Gasteiger partial charge on any atom is 0.325 e. The number of carbonyl (C=O) groups is 1. The van der Waals surface area contributed by atoms with E-state index in [-0.39, 0.29) is 11.5 Å². The molecule has 1 aliphatic carbocycles. The van der Waals surface area contributed by atoms with E-state index in [1.165, 1.54) is 12.1 Å². The maximum atomic E-state index is 14.2. The molecule has 1 saturated carbocycles. The van der Waals surface area contributed by atoms with Gasteiger partial charge in [0.25, 0.3) is 0 Å². The predicted octanol–water partition coefficient (Wildman–Crippen LogP) is 5.01. The van der Waals surface area contributed by atoms with Gasteiger partial charge in [0.05, 0.1) is 19.8 Å². The number of rotatable bonds is 13. The number of aryl methyl sites for hydroxylation is 1. The lowest BCUT2D eigenvalue weighted by atomic mass is 10.0. The van der Waals surface area contributed by atoms with E-state index in [4.69, 9.17) is 19.2 Å². The van der Waals surface area contributed by atoms with Crippen molar-refractivity contribution in [2.45, 2.75) is 70.4 Å². The standard InChI is InChI=1S/C30H40FN3O5/c1-30(11-12-30)19-39-25-9-8-20(31)16-24(25)27(29(35)36)34-14-10-22(18-34)38-15-4-3-6-21-17-26(37-2)23-7-5-13-32-28(23)33-21/h8-9,16-17,22,27H,3-7,10-15,18-19H2,1-2H3,(H,32,33)(H,35,36). The molecule has 2 aliphatic heterocycles. The number of pyridine rings is 1. The van der Waals surface area contributed by atoms with Crippen LogP contribution in [0.5, 0.6) is 11.5 Å². The van der Waals surface area contributed by atoms with Gasteiger partial charge in [-0.25, -0.2) is 9.37 Å². The Morgan fingerprint density at radius 1 is 1.28 bits per heavy atom. The fourth-order valence-corrected chi connectivity index (χ4v) is 5.51. The minimum absolute atomic E-state index is 0.0543. The van der Waals surface area contributed by atoms with E-state index in [0.29, 0.717) is 37.6 Å². The van der Waals surface area contributed by atoms with Gasteiger partial charge >= 0.3 is 5.97 Å². The topological polar surface area (TPSA) is 93.2 Å². The Hall–Kier alpha value is -2.91. The number of hydrogen-bond acceptors (Lipinski definition) is 7. The molecule has 9 heteroatoms. The van der Waals surface area contributed by atoms with Crippen LogP contribution in [0.3, 0.4) is 0 Å². The smallest absolute Gasteiger partial charge is 0.325 e. The van der Waals surface area contributed by atoms with Gasteiger partial charge in [0.15, 0.2) is 0 Å². The van der Waals surface area contributed by atoms with Gasteiger partial charge in [0.1, 0.15) is 29.2 Å². The Morgan fingerprint density at radius 3 is 2.90 bits per heavy atom. The first-order valence-electron chi connectivity index (χ1n) is 14.2. The second-order valence-electron chi connectivity index (χ2n) is 11.4. The van der Waals surface area contributed by atoms with Crippen LogP contribution in [-0.4, -0.2) is 67.0 Å². The highest BCUT2D eigenvalue weighted by Gasteiger charge is 2.39. The second-order valence-corrected chi connectivity index (χ2v) is 11.4. The molecule has 39 heavy (non-hydrogen) atoms. The third-order valence-corrected chi connectivity index (χ3v) is 8.15. The molecule has 3 aliphatic rings. The number of carboxylic acids is 1. The van der Waals surface area contributed by atoms with Crippen LogP contribution in [0.4, 0.5) is 10.2 Å². The van der Waals surface area contributed by atoms with E-state index in [9.17, 15) is 14.3 Å². The van der Waals surface area contributed by atoms with Gasteiger partial charge in [0.2, 0.25) is 0 Å². The van der Waals surface area contributed by atoms with E-state index in [1.807, 2.05) is 11.0 Å². The Labute approximate surface area is 229 Å². The highest BCUT2D eigenvalue weighted by atomic mass is 19.1. The van der Waals surface area contributed by atoms with Crippen LogP contribution >= 0.6 is 0 Å². The Kier molecular flexibility index (Phi) is 8.57. The van der Waals surface area contributed by atoms with Crippen molar-refractivity contribution in [2.24, 2.45) is 5.41 Å². The van der Waals surface area contributed by atoms with Crippen LogP contribution in [0.1, 0.15) is 68.3 Å². The van der Waals surface area contributed by atoms with E-state index < -0.39 is 17.8 Å². The molecule has 212 valence electrons. The molecule has 8 nitrogen and oxygen atoms in total. The normalized spacial score (nSPS) is 20.6. The van der Waals surface area contributed by atoms with E-state index in [2.05, 4.69) is 12.2 Å². The van der Waals surface area contributed by atoms with Gasteiger partial charge in [-0.1, -0.05) is 6.92 Å². The van der Waals surface area contributed by atoms with E-state index >= 15 is 0 Å². The van der Waals surface area contributed by atoms with Crippen LogP contribution in [0.15, 0.2) is 24.3 Å². The fourth-order valence-electron chi connectivity index (χ4n) is 5.51. The van der Waals surface area contributed by atoms with Gasteiger partial charge in [-0.15, -0.1) is 0 Å². The molecule has 2 atom stereocenters. The van der Waals surface area contributed by atoms with Crippen molar-refractivity contribution in [3.8, 4) is 11.5 Å². The Morgan fingerprint density at radius 2 is 2.13 bits per heavy atom. The zero-order valence-electron chi connectivity index (χ0n) is 23.0. The molecule has 1 aromatic carbocycles. The zero-order chi connectivity index (χ0) is 27.4. The van der Waals surface area contributed by atoms with Crippen molar-refractivity contribution in [3.05, 3.63) is 46.9 Å². The second kappa shape index (κ2) is 12.1. The number of carboxylic acid groups (broad SMARTS) is 1. The number of likely N-dealkylation sites (tertiary alicyclic amines) is 1. The van der Waals surface area contributed by atoms with Crippen molar-refractivity contribution >= 4 is 11.8 Å². The third kappa shape index (κ3) is 6.81. The van der Waals surface area contributed by atoms with Gasteiger partial charge in [0, 0.05) is 54.5 Å². The molecule has 0 spiro atoms. The average molecular weight is 542 g/mol. The number of nitrogens with zero attached hydrogens (tertiary/aromatic N) is 2. The molecule has 2 fully saturated rings. The Bertz CT molecular complexity index is 1150.